The molecule has 1 unspecified atom stereocenters. The van der Waals surface area contributed by atoms with Crippen molar-refractivity contribution in [3.63, 3.8) is 0 Å². The molecule has 0 N–H and O–H groups in total. The number of esters is 2. The summed E-state index contributed by atoms with van der Waals surface area (Å²) in [6.45, 7) is 4.08. The quantitative estimate of drug-likeness (QED) is 0.680. The molecule has 0 radical (unpaired) electrons. The van der Waals surface area contributed by atoms with Gasteiger partial charge in [0.15, 0.2) is 12.3 Å². The zero-order valence-electron chi connectivity index (χ0n) is 9.44. The second-order valence-corrected chi connectivity index (χ2v) is 3.58. The SMILES string of the molecule is CC[C@H]1OC(OC(C)=O)[C@H](OC(C)=O)[C@H]1F. The van der Waals surface area contributed by atoms with E-state index in [1.165, 1.54) is 6.92 Å². The van der Waals surface area contributed by atoms with Crippen molar-refractivity contribution in [3.8, 4) is 0 Å². The first-order chi connectivity index (χ1) is 7.45. The number of carbonyl (C=O) groups is 2. The number of ether oxygens (including phenoxy) is 3. The Balaban J connectivity index is 2.72. The summed E-state index contributed by atoms with van der Waals surface area (Å²) in [5.74, 6) is -1.24. The highest BCUT2D eigenvalue weighted by atomic mass is 19.1. The third kappa shape index (κ3) is 2.91. The van der Waals surface area contributed by atoms with E-state index in [9.17, 15) is 14.0 Å². The predicted octanol–water partition coefficient (Wildman–Crippen LogP) is 0.954. The van der Waals surface area contributed by atoms with Crippen LogP contribution in [0.1, 0.15) is 27.2 Å². The first kappa shape index (κ1) is 12.9. The molecule has 16 heavy (non-hydrogen) atoms. The van der Waals surface area contributed by atoms with Gasteiger partial charge in [-0.1, -0.05) is 6.92 Å². The second kappa shape index (κ2) is 5.25. The lowest BCUT2D eigenvalue weighted by Gasteiger charge is -2.18. The van der Waals surface area contributed by atoms with Crippen LogP contribution in [0.15, 0.2) is 0 Å². The highest BCUT2D eigenvalue weighted by Crippen LogP contribution is 2.29. The fourth-order valence-electron chi connectivity index (χ4n) is 1.58. The van der Waals surface area contributed by atoms with Gasteiger partial charge in [0.2, 0.25) is 6.29 Å². The van der Waals surface area contributed by atoms with Gasteiger partial charge in [-0.15, -0.1) is 0 Å². The van der Waals surface area contributed by atoms with Crippen LogP contribution in [0, 0.1) is 0 Å². The van der Waals surface area contributed by atoms with Crippen molar-refractivity contribution in [2.45, 2.75) is 51.9 Å². The maximum Gasteiger partial charge on any atom is 0.305 e. The van der Waals surface area contributed by atoms with Gasteiger partial charge in [-0.2, -0.15) is 0 Å². The number of carbonyl (C=O) groups excluding carboxylic acids is 2. The van der Waals surface area contributed by atoms with Crippen LogP contribution in [0.4, 0.5) is 4.39 Å². The summed E-state index contributed by atoms with van der Waals surface area (Å²) < 4.78 is 28.4. The fourth-order valence-corrected chi connectivity index (χ4v) is 1.58. The number of hydrogen-bond donors (Lipinski definition) is 0. The summed E-state index contributed by atoms with van der Waals surface area (Å²) in [6, 6.07) is 0. The molecule has 0 bridgehead atoms. The van der Waals surface area contributed by atoms with E-state index in [1.54, 1.807) is 6.92 Å². The summed E-state index contributed by atoms with van der Waals surface area (Å²) in [5, 5.41) is 0. The van der Waals surface area contributed by atoms with Crippen LogP contribution in [0.3, 0.4) is 0 Å². The van der Waals surface area contributed by atoms with E-state index < -0.39 is 36.6 Å². The van der Waals surface area contributed by atoms with Crippen molar-refractivity contribution in [1.82, 2.24) is 0 Å². The molecule has 0 aromatic rings. The van der Waals surface area contributed by atoms with Crippen LogP contribution in [0.5, 0.6) is 0 Å². The molecule has 0 amide bonds. The van der Waals surface area contributed by atoms with Crippen LogP contribution >= 0.6 is 0 Å². The van der Waals surface area contributed by atoms with E-state index in [4.69, 9.17) is 14.2 Å². The number of hydrogen-bond acceptors (Lipinski definition) is 5. The zero-order valence-corrected chi connectivity index (χ0v) is 9.44. The topological polar surface area (TPSA) is 61.8 Å². The summed E-state index contributed by atoms with van der Waals surface area (Å²) in [6.07, 6.45) is -4.10. The zero-order chi connectivity index (χ0) is 12.3. The Kier molecular flexibility index (Phi) is 4.23. The van der Waals surface area contributed by atoms with Gasteiger partial charge in [-0.25, -0.2) is 4.39 Å². The molecule has 1 saturated heterocycles. The van der Waals surface area contributed by atoms with Gasteiger partial charge in [0.1, 0.15) is 0 Å². The van der Waals surface area contributed by atoms with Crippen LogP contribution in [-0.2, 0) is 23.8 Å². The fraction of sp³-hybridized carbons (Fsp3) is 0.800. The van der Waals surface area contributed by atoms with Gasteiger partial charge in [-0.05, 0) is 6.42 Å². The van der Waals surface area contributed by atoms with Crippen molar-refractivity contribution in [3.05, 3.63) is 0 Å². The Hall–Kier alpha value is -1.17. The third-order valence-electron chi connectivity index (χ3n) is 2.23. The van der Waals surface area contributed by atoms with Gasteiger partial charge in [-0.3, -0.25) is 9.59 Å². The van der Waals surface area contributed by atoms with Crippen molar-refractivity contribution in [2.75, 3.05) is 0 Å². The average molecular weight is 234 g/mol. The highest BCUT2D eigenvalue weighted by Gasteiger charge is 2.48. The first-order valence-electron chi connectivity index (χ1n) is 5.09. The minimum absolute atomic E-state index is 0.413. The largest absolute Gasteiger partial charge is 0.453 e. The Labute approximate surface area is 92.8 Å². The molecule has 92 valence electrons. The lowest BCUT2D eigenvalue weighted by molar-refractivity contribution is -0.194. The third-order valence-corrected chi connectivity index (χ3v) is 2.23. The Morgan fingerprint density at radius 1 is 1.25 bits per heavy atom. The van der Waals surface area contributed by atoms with Crippen LogP contribution in [0.25, 0.3) is 0 Å². The van der Waals surface area contributed by atoms with E-state index in [2.05, 4.69) is 0 Å². The Bertz CT molecular complexity index is 280. The highest BCUT2D eigenvalue weighted by molar-refractivity contribution is 5.67. The lowest BCUT2D eigenvalue weighted by atomic mass is 10.1. The molecule has 0 spiro atoms. The van der Waals surface area contributed by atoms with Crippen LogP contribution in [-0.4, -0.2) is 36.6 Å². The molecule has 6 heteroatoms. The monoisotopic (exact) mass is 234 g/mol. The molecular weight excluding hydrogens is 219 g/mol. The maximum absolute atomic E-state index is 13.7. The Morgan fingerprint density at radius 2 is 1.81 bits per heavy atom. The summed E-state index contributed by atoms with van der Waals surface area (Å²) in [5.41, 5.74) is 0. The van der Waals surface area contributed by atoms with E-state index >= 15 is 0 Å². The molecule has 1 heterocycles. The van der Waals surface area contributed by atoms with E-state index in [1.807, 2.05) is 0 Å². The molecule has 1 rings (SSSR count). The minimum Gasteiger partial charge on any atom is -0.453 e. The number of alkyl halides is 1. The van der Waals surface area contributed by atoms with Crippen molar-refractivity contribution in [2.24, 2.45) is 0 Å². The van der Waals surface area contributed by atoms with Crippen LogP contribution < -0.4 is 0 Å². The molecule has 4 atom stereocenters. The maximum atomic E-state index is 13.7. The van der Waals surface area contributed by atoms with E-state index in [0.717, 1.165) is 6.92 Å². The van der Waals surface area contributed by atoms with Crippen molar-refractivity contribution < 1.29 is 28.2 Å². The molecule has 0 aromatic heterocycles. The minimum atomic E-state index is -1.47. The van der Waals surface area contributed by atoms with E-state index in [0.29, 0.717) is 6.42 Å². The molecule has 1 aliphatic rings. The predicted molar refractivity (Wildman–Crippen MR) is 51.2 cm³/mol. The lowest BCUT2D eigenvalue weighted by Crippen LogP contribution is -2.36. The van der Waals surface area contributed by atoms with Crippen molar-refractivity contribution in [1.29, 1.82) is 0 Å². The van der Waals surface area contributed by atoms with Gasteiger partial charge >= 0.3 is 11.9 Å². The summed E-state index contributed by atoms with van der Waals surface area (Å²) in [4.78, 5) is 21.6. The van der Waals surface area contributed by atoms with Crippen molar-refractivity contribution >= 4 is 11.9 Å². The summed E-state index contributed by atoms with van der Waals surface area (Å²) in [7, 11) is 0. The first-order valence-corrected chi connectivity index (χ1v) is 5.09. The number of halogens is 1. The standard InChI is InChI=1S/C10H15FO5/c1-4-7-8(11)9(14-5(2)12)10(16-7)15-6(3)13/h7-10H,4H2,1-3H3/t7-,8+,9-,10?/m1/s1. The number of rotatable bonds is 3. The molecule has 5 nitrogen and oxygen atoms in total. The smallest absolute Gasteiger partial charge is 0.305 e. The summed E-state index contributed by atoms with van der Waals surface area (Å²) >= 11 is 0. The normalized spacial score (nSPS) is 33.5. The van der Waals surface area contributed by atoms with Gasteiger partial charge in [0.25, 0.3) is 0 Å². The molecule has 0 aliphatic carbocycles. The molecular formula is C10H15FO5. The van der Waals surface area contributed by atoms with Crippen LogP contribution in [0.2, 0.25) is 0 Å². The Morgan fingerprint density at radius 3 is 2.25 bits per heavy atom. The van der Waals surface area contributed by atoms with Gasteiger partial charge in [0, 0.05) is 13.8 Å². The van der Waals surface area contributed by atoms with Gasteiger partial charge < -0.3 is 14.2 Å². The average Bonchev–Trinajstić information content (AvgIpc) is 2.44. The molecule has 0 aromatic carbocycles. The van der Waals surface area contributed by atoms with Gasteiger partial charge in [0.05, 0.1) is 6.10 Å². The second-order valence-electron chi connectivity index (χ2n) is 3.58. The molecule has 0 saturated carbocycles. The molecule has 1 fully saturated rings. The molecule has 1 aliphatic heterocycles. The van der Waals surface area contributed by atoms with E-state index in [-0.39, 0.29) is 0 Å².